The molecule has 0 unspecified atom stereocenters. The number of fused-ring (bicyclic) bond motifs is 3. The van der Waals surface area contributed by atoms with Crippen LogP contribution in [0.5, 0.6) is 0 Å². The van der Waals surface area contributed by atoms with Crippen LogP contribution in [0.3, 0.4) is 0 Å². The number of benzene rings is 2. The predicted octanol–water partition coefficient (Wildman–Crippen LogP) is 7.06. The number of aliphatic hydroxyl groups excluding tert-OH is 1. The van der Waals surface area contributed by atoms with Gasteiger partial charge in [0.25, 0.3) is 0 Å². The second-order valence-corrected chi connectivity index (χ2v) is 18.4. The Morgan fingerprint density at radius 3 is 1.72 bits per heavy atom. The Kier molecular flexibility index (Phi) is 12.6. The molecule has 0 bridgehead atoms. The topological polar surface area (TPSA) is 161 Å². The van der Waals surface area contributed by atoms with Crippen molar-refractivity contribution in [2.24, 2.45) is 0 Å². The van der Waals surface area contributed by atoms with E-state index in [0.717, 1.165) is 105 Å². The molecule has 0 aliphatic carbocycles. The van der Waals surface area contributed by atoms with E-state index in [0.29, 0.717) is 32.8 Å². The molecule has 3 saturated heterocycles. The van der Waals surface area contributed by atoms with E-state index in [2.05, 4.69) is 29.0 Å². The summed E-state index contributed by atoms with van der Waals surface area (Å²) < 4.78 is 35.6. The lowest BCUT2D eigenvalue weighted by atomic mass is 10.2. The summed E-state index contributed by atoms with van der Waals surface area (Å²) in [5.41, 5.74) is 6.75. The Bertz CT molecular complexity index is 3070. The zero-order valence-corrected chi connectivity index (χ0v) is 39.6. The highest BCUT2D eigenvalue weighted by atomic mass is 32.1. The molecule has 3 aliphatic heterocycles. The first-order valence-corrected chi connectivity index (χ1v) is 24.3. The molecule has 3 fully saturated rings. The number of rotatable bonds is 11. The van der Waals surface area contributed by atoms with E-state index in [1.54, 1.807) is 29.2 Å². The fourth-order valence-corrected chi connectivity index (χ4v) is 10.4. The Labute approximate surface area is 398 Å². The number of imidazole rings is 2. The molecule has 68 heavy (non-hydrogen) atoms. The summed E-state index contributed by atoms with van der Waals surface area (Å²) in [6.07, 6.45) is 1.27. The summed E-state index contributed by atoms with van der Waals surface area (Å²) in [4.78, 5) is 41.2. The van der Waals surface area contributed by atoms with Crippen LogP contribution in [0.4, 0.5) is 47.1 Å². The third-order valence-electron chi connectivity index (χ3n) is 12.4. The SMILES string of the molecule is CCc1nc2ccc(N3CCN4C(=O)OC[C@@H]4C3)nn2c1N(C)c1nc(-c2ccc(F)cc2)cs1.CCc1nc2ccc(N3CCN[C@H](CO)C3)nn2c1N(C)c1nc(-c2ccc(F)cc2)cs1. The number of aryl methyl sites for hydroxylation is 2. The summed E-state index contributed by atoms with van der Waals surface area (Å²) >= 11 is 3.04. The van der Waals surface area contributed by atoms with E-state index in [9.17, 15) is 18.7 Å². The number of aliphatic hydroxyl groups is 1. The van der Waals surface area contributed by atoms with Gasteiger partial charge in [0.15, 0.2) is 33.2 Å². The minimum atomic E-state index is -0.269. The zero-order chi connectivity index (χ0) is 47.1. The Morgan fingerprint density at radius 1 is 0.706 bits per heavy atom. The second-order valence-electron chi connectivity index (χ2n) is 16.7. The van der Waals surface area contributed by atoms with Crippen LogP contribution in [0, 0.1) is 11.6 Å². The van der Waals surface area contributed by atoms with Crippen molar-refractivity contribution in [3.8, 4) is 22.5 Å². The molecule has 2 aromatic carbocycles. The van der Waals surface area contributed by atoms with Crippen LogP contribution in [0.2, 0.25) is 0 Å². The van der Waals surface area contributed by atoms with Gasteiger partial charge in [0.05, 0.1) is 35.4 Å². The highest BCUT2D eigenvalue weighted by molar-refractivity contribution is 7.14. The van der Waals surface area contributed by atoms with E-state index < -0.39 is 0 Å². The molecule has 3 aliphatic rings. The lowest BCUT2D eigenvalue weighted by Crippen LogP contribution is -2.52. The lowest BCUT2D eigenvalue weighted by molar-refractivity contribution is 0.157. The maximum absolute atomic E-state index is 13.3. The largest absolute Gasteiger partial charge is 0.447 e. The molecule has 0 radical (unpaired) electrons. The van der Waals surface area contributed by atoms with Crippen LogP contribution in [0.1, 0.15) is 25.2 Å². The number of nitrogens with one attached hydrogen (secondary N) is 1. The molecule has 9 heterocycles. The van der Waals surface area contributed by atoms with Crippen molar-refractivity contribution in [1.82, 2.24) is 49.4 Å². The van der Waals surface area contributed by atoms with Gasteiger partial charge >= 0.3 is 6.09 Å². The number of hydrogen-bond acceptors (Lipinski definition) is 16. The normalized spacial score (nSPS) is 17.1. The van der Waals surface area contributed by atoms with Crippen molar-refractivity contribution in [1.29, 1.82) is 0 Å². The first-order chi connectivity index (χ1) is 33.1. The number of anilines is 6. The van der Waals surface area contributed by atoms with Gasteiger partial charge in [0.1, 0.15) is 29.9 Å². The molecule has 0 spiro atoms. The molecule has 1 amide bonds. The van der Waals surface area contributed by atoms with Crippen molar-refractivity contribution in [3.63, 3.8) is 0 Å². The smallest absolute Gasteiger partial charge is 0.410 e. The molecule has 17 nitrogen and oxygen atoms in total. The van der Waals surface area contributed by atoms with Crippen molar-refractivity contribution >= 4 is 73.6 Å². The van der Waals surface area contributed by atoms with Crippen LogP contribution in [0.25, 0.3) is 33.8 Å². The van der Waals surface area contributed by atoms with Gasteiger partial charge in [0, 0.05) is 81.3 Å². The van der Waals surface area contributed by atoms with Crippen LogP contribution < -0.4 is 24.9 Å². The standard InChI is InChI=1S/C24H24FN7O2S.C23H26FN7OS/c1-3-18-22(29(2)23-27-19(14-35-23)15-4-6-16(25)7-5-15)32-20(26-18)8-9-21(28-32)30-10-11-31-17(12-30)13-34-24(31)33;1-3-18-22(29(2)23-27-19(14-33-23)15-4-6-16(24)7-5-15)31-20(26-18)8-9-21(28-31)30-11-10-25-17(12-30)13-32/h4-9,14,17H,3,10-13H2,1-2H3;4-9,14,17,25,32H,3,10-13H2,1-2H3/t2*17-/m00/s1. The van der Waals surface area contributed by atoms with Gasteiger partial charge in [-0.3, -0.25) is 4.90 Å². The predicted molar refractivity (Wildman–Crippen MR) is 261 cm³/mol. The molecule has 2 atom stereocenters. The number of piperazine rings is 2. The van der Waals surface area contributed by atoms with Crippen LogP contribution >= 0.6 is 22.7 Å². The van der Waals surface area contributed by atoms with Gasteiger partial charge in [-0.15, -0.1) is 32.9 Å². The quantitative estimate of drug-likeness (QED) is 0.136. The average molecular weight is 961 g/mol. The first-order valence-electron chi connectivity index (χ1n) is 22.5. The monoisotopic (exact) mass is 960 g/mol. The number of cyclic esters (lactones) is 1. The zero-order valence-electron chi connectivity index (χ0n) is 38.0. The molecular formula is C47H50F2N14O3S2. The number of aromatic nitrogens is 8. The van der Waals surface area contributed by atoms with Crippen LogP contribution in [0.15, 0.2) is 83.6 Å². The number of halogens is 2. The number of nitrogens with zero attached hydrogens (tertiary/aromatic N) is 13. The number of carbonyl (C=O) groups excluding carboxylic acids is 1. The Morgan fingerprint density at radius 2 is 1.22 bits per heavy atom. The van der Waals surface area contributed by atoms with E-state index in [4.69, 9.17) is 34.9 Å². The molecule has 8 aromatic rings. The van der Waals surface area contributed by atoms with Gasteiger partial charge in [-0.25, -0.2) is 33.5 Å². The molecule has 21 heteroatoms. The number of thiazole rings is 2. The van der Waals surface area contributed by atoms with E-state index in [1.807, 2.05) is 68.0 Å². The van der Waals surface area contributed by atoms with Gasteiger partial charge in [-0.1, -0.05) is 13.8 Å². The van der Waals surface area contributed by atoms with E-state index in [1.165, 1.54) is 46.9 Å². The Hall–Kier alpha value is -6.81. The van der Waals surface area contributed by atoms with Gasteiger partial charge in [0.2, 0.25) is 0 Å². The summed E-state index contributed by atoms with van der Waals surface area (Å²) in [7, 11) is 3.93. The average Bonchev–Trinajstić information content (AvgIpc) is 4.24. The van der Waals surface area contributed by atoms with Gasteiger partial charge in [-0.05, 0) is 85.6 Å². The number of amides is 1. The maximum atomic E-state index is 13.3. The highest BCUT2D eigenvalue weighted by Gasteiger charge is 2.38. The number of carbonyl (C=O) groups is 1. The summed E-state index contributed by atoms with van der Waals surface area (Å²) in [5.74, 6) is 2.89. The van der Waals surface area contributed by atoms with E-state index >= 15 is 0 Å². The third kappa shape index (κ3) is 8.77. The van der Waals surface area contributed by atoms with Crippen LogP contribution in [-0.2, 0) is 17.6 Å². The molecular weight excluding hydrogens is 911 g/mol. The first kappa shape index (κ1) is 45.0. The Balaban J connectivity index is 0.000000159. The van der Waals surface area contributed by atoms with Crippen molar-refractivity contribution in [2.75, 3.05) is 86.2 Å². The summed E-state index contributed by atoms with van der Waals surface area (Å²) in [5, 5.41) is 28.3. The molecule has 11 rings (SSSR count). The second kappa shape index (κ2) is 19.1. The number of hydrogen-bond donors (Lipinski definition) is 2. The van der Waals surface area contributed by atoms with Crippen molar-refractivity contribution in [3.05, 3.63) is 107 Å². The molecule has 352 valence electrons. The minimum Gasteiger partial charge on any atom is -0.447 e. The molecule has 0 saturated carbocycles. The minimum absolute atomic E-state index is 0.0348. The maximum Gasteiger partial charge on any atom is 0.410 e. The molecule has 2 N–H and O–H groups in total. The van der Waals surface area contributed by atoms with Gasteiger partial charge < -0.3 is 34.8 Å². The third-order valence-corrected chi connectivity index (χ3v) is 14.2. The molecule has 6 aromatic heterocycles. The van der Waals surface area contributed by atoms with Crippen LogP contribution in [-0.4, -0.2) is 134 Å². The van der Waals surface area contributed by atoms with E-state index in [-0.39, 0.29) is 36.4 Å². The van der Waals surface area contributed by atoms with Crippen molar-refractivity contribution < 1.29 is 23.4 Å². The lowest BCUT2D eigenvalue weighted by Gasteiger charge is -2.35. The summed E-state index contributed by atoms with van der Waals surface area (Å²) in [6.45, 7) is 8.96. The highest BCUT2D eigenvalue weighted by Crippen LogP contribution is 2.36. The fraction of sp³-hybridized carbons (Fsp3) is 0.340. The van der Waals surface area contributed by atoms with Crippen molar-refractivity contribution in [2.45, 2.75) is 38.8 Å². The summed E-state index contributed by atoms with van der Waals surface area (Å²) in [6, 6.07) is 20.7. The van der Waals surface area contributed by atoms with Gasteiger partial charge in [-0.2, -0.15) is 9.03 Å². The number of ether oxygens (including phenoxy) is 1. The fourth-order valence-electron chi connectivity index (χ4n) is 8.78.